The summed E-state index contributed by atoms with van der Waals surface area (Å²) < 4.78 is 0. The molecule has 1 amide bonds. The molecule has 3 aromatic rings. The van der Waals surface area contributed by atoms with Crippen molar-refractivity contribution < 1.29 is 4.79 Å². The SMILES string of the molecule is CNc1nc(N[C@@H]2CCCC[C@@H]2N)nnc1C(N)=O.N=Cc1ccccc1Nc1ccccn1. The summed E-state index contributed by atoms with van der Waals surface area (Å²) in [5.74, 6) is 0.795. The highest BCUT2D eigenvalue weighted by atomic mass is 16.1. The van der Waals surface area contributed by atoms with Crippen LogP contribution in [0.3, 0.4) is 0 Å². The van der Waals surface area contributed by atoms with Gasteiger partial charge in [0.15, 0.2) is 11.5 Å². The van der Waals surface area contributed by atoms with Crippen LogP contribution in [-0.2, 0) is 0 Å². The van der Waals surface area contributed by atoms with Gasteiger partial charge in [0.2, 0.25) is 5.95 Å². The molecule has 8 N–H and O–H groups in total. The number of nitrogens with zero attached hydrogens (tertiary/aromatic N) is 4. The van der Waals surface area contributed by atoms with E-state index in [0.717, 1.165) is 42.8 Å². The first-order chi connectivity index (χ1) is 16.5. The largest absolute Gasteiger partial charge is 0.371 e. The maximum Gasteiger partial charge on any atom is 0.273 e. The monoisotopic (exact) mass is 462 g/mol. The van der Waals surface area contributed by atoms with Crippen LogP contribution >= 0.6 is 0 Å². The third-order valence-corrected chi connectivity index (χ3v) is 5.33. The minimum Gasteiger partial charge on any atom is -0.371 e. The van der Waals surface area contributed by atoms with Gasteiger partial charge in [-0.25, -0.2) is 4.98 Å². The van der Waals surface area contributed by atoms with E-state index in [0.29, 0.717) is 11.8 Å². The van der Waals surface area contributed by atoms with Crippen LogP contribution in [0.2, 0.25) is 0 Å². The molecule has 0 radical (unpaired) electrons. The second-order valence-electron chi connectivity index (χ2n) is 7.72. The molecule has 1 fully saturated rings. The van der Waals surface area contributed by atoms with E-state index in [4.69, 9.17) is 16.9 Å². The van der Waals surface area contributed by atoms with E-state index in [1.165, 1.54) is 6.21 Å². The number of hydrogen-bond donors (Lipinski definition) is 6. The molecule has 1 aromatic carbocycles. The predicted molar refractivity (Wildman–Crippen MR) is 134 cm³/mol. The van der Waals surface area contributed by atoms with E-state index >= 15 is 0 Å². The average molecular weight is 463 g/mol. The normalized spacial score (nSPS) is 17.0. The number of aromatic nitrogens is 4. The first-order valence-electron chi connectivity index (χ1n) is 11.0. The summed E-state index contributed by atoms with van der Waals surface area (Å²) in [6.45, 7) is 0. The van der Waals surface area contributed by atoms with Crippen LogP contribution in [0, 0.1) is 5.41 Å². The fourth-order valence-electron chi connectivity index (χ4n) is 3.54. The number of nitrogens with one attached hydrogen (secondary N) is 4. The van der Waals surface area contributed by atoms with Crippen LogP contribution in [0.4, 0.5) is 23.3 Å². The second-order valence-corrected chi connectivity index (χ2v) is 7.72. The Morgan fingerprint density at radius 1 is 1.12 bits per heavy atom. The third kappa shape index (κ3) is 6.69. The first kappa shape index (κ1) is 24.5. The third-order valence-electron chi connectivity index (χ3n) is 5.33. The van der Waals surface area contributed by atoms with E-state index in [9.17, 15) is 4.79 Å². The minimum atomic E-state index is -0.662. The Hall–Kier alpha value is -4.12. The molecule has 11 heteroatoms. The number of nitrogens with two attached hydrogens (primary N) is 2. The summed E-state index contributed by atoms with van der Waals surface area (Å²) in [6.07, 6.45) is 7.32. The van der Waals surface area contributed by atoms with Gasteiger partial charge in [0.25, 0.3) is 5.91 Å². The van der Waals surface area contributed by atoms with Crippen LogP contribution in [0.15, 0.2) is 48.7 Å². The van der Waals surface area contributed by atoms with E-state index in [-0.39, 0.29) is 17.8 Å². The summed E-state index contributed by atoms with van der Waals surface area (Å²) in [7, 11) is 1.65. The molecule has 0 aliphatic heterocycles. The maximum atomic E-state index is 11.1. The molecule has 0 spiro atoms. The van der Waals surface area contributed by atoms with Crippen molar-refractivity contribution in [1.29, 1.82) is 5.41 Å². The Bertz CT molecular complexity index is 1090. The van der Waals surface area contributed by atoms with Crippen molar-refractivity contribution in [3.63, 3.8) is 0 Å². The van der Waals surface area contributed by atoms with Crippen molar-refractivity contribution in [1.82, 2.24) is 20.2 Å². The smallest absolute Gasteiger partial charge is 0.273 e. The zero-order chi connectivity index (χ0) is 24.3. The molecule has 1 aliphatic rings. The van der Waals surface area contributed by atoms with Crippen LogP contribution in [0.5, 0.6) is 0 Å². The van der Waals surface area contributed by atoms with Crippen LogP contribution in [-0.4, -0.2) is 51.4 Å². The molecular weight excluding hydrogens is 432 g/mol. The lowest BCUT2D eigenvalue weighted by Gasteiger charge is -2.29. The highest BCUT2D eigenvalue weighted by molar-refractivity contribution is 5.95. The Labute approximate surface area is 198 Å². The van der Waals surface area contributed by atoms with Gasteiger partial charge in [-0.1, -0.05) is 37.1 Å². The quantitative estimate of drug-likeness (QED) is 0.287. The van der Waals surface area contributed by atoms with Crippen molar-refractivity contribution in [2.24, 2.45) is 11.5 Å². The van der Waals surface area contributed by atoms with E-state index in [2.05, 4.69) is 36.1 Å². The van der Waals surface area contributed by atoms with Gasteiger partial charge < -0.3 is 32.8 Å². The summed E-state index contributed by atoms with van der Waals surface area (Å²) in [5, 5.41) is 24.0. The Morgan fingerprint density at radius 2 is 1.88 bits per heavy atom. The van der Waals surface area contributed by atoms with Crippen LogP contribution < -0.4 is 27.4 Å². The molecular formula is C23H30N10O. The molecule has 2 aromatic heterocycles. The molecule has 4 rings (SSSR count). The number of hydrogen-bond acceptors (Lipinski definition) is 10. The molecule has 0 bridgehead atoms. The standard InChI is InChI=1S/C12H11N3.C11H19N7O/c13-9-10-5-1-2-6-11(10)15-12-7-3-4-8-14-12;1-14-10-8(9(13)19)17-18-11(16-10)15-7-5-3-2-4-6(7)12/h1-9,13H,(H,14,15);6-7H,2-5,12H2,1H3,(H2,13,19)(H2,14,15,16,18)/t;6-,7+/m.0/s1. The van der Waals surface area contributed by atoms with Gasteiger partial charge in [0.1, 0.15) is 5.82 Å². The number of rotatable bonds is 7. The molecule has 34 heavy (non-hydrogen) atoms. The van der Waals surface area contributed by atoms with Gasteiger partial charge in [0.05, 0.1) is 0 Å². The number of anilines is 4. The van der Waals surface area contributed by atoms with E-state index in [1.807, 2.05) is 42.5 Å². The molecule has 1 saturated carbocycles. The Morgan fingerprint density at radius 3 is 2.56 bits per heavy atom. The fourth-order valence-corrected chi connectivity index (χ4v) is 3.54. The number of amides is 1. The van der Waals surface area contributed by atoms with Gasteiger partial charge >= 0.3 is 0 Å². The molecule has 0 saturated heterocycles. The summed E-state index contributed by atoms with van der Waals surface area (Å²) in [5.41, 5.74) is 13.0. The van der Waals surface area contributed by atoms with Crippen LogP contribution in [0.1, 0.15) is 41.7 Å². The molecule has 11 nitrogen and oxygen atoms in total. The Balaban J connectivity index is 0.000000196. The fraction of sp³-hybridized carbons (Fsp3) is 0.304. The van der Waals surface area contributed by atoms with Gasteiger partial charge in [-0.05, 0) is 31.0 Å². The van der Waals surface area contributed by atoms with Gasteiger partial charge in [-0.3, -0.25) is 4.79 Å². The number of carbonyl (C=O) groups is 1. The van der Waals surface area contributed by atoms with E-state index in [1.54, 1.807) is 13.2 Å². The maximum absolute atomic E-state index is 11.1. The number of benzene rings is 1. The van der Waals surface area contributed by atoms with Crippen molar-refractivity contribution in [3.8, 4) is 0 Å². The van der Waals surface area contributed by atoms with Crippen LogP contribution in [0.25, 0.3) is 0 Å². The summed E-state index contributed by atoms with van der Waals surface area (Å²) in [4.78, 5) is 19.5. The lowest BCUT2D eigenvalue weighted by atomic mass is 9.91. The molecule has 1 aliphatic carbocycles. The number of para-hydroxylation sites is 1. The van der Waals surface area contributed by atoms with Crippen molar-refractivity contribution >= 4 is 35.4 Å². The lowest BCUT2D eigenvalue weighted by Crippen LogP contribution is -2.43. The summed E-state index contributed by atoms with van der Waals surface area (Å²) >= 11 is 0. The van der Waals surface area contributed by atoms with Crippen molar-refractivity contribution in [2.45, 2.75) is 37.8 Å². The topological polar surface area (TPSA) is 181 Å². The first-order valence-corrected chi connectivity index (χ1v) is 11.0. The Kier molecular flexibility index (Phi) is 8.81. The van der Waals surface area contributed by atoms with Gasteiger partial charge in [-0.2, -0.15) is 4.98 Å². The minimum absolute atomic E-state index is 0.0287. The number of primary amides is 1. The van der Waals surface area contributed by atoms with E-state index < -0.39 is 5.91 Å². The number of pyridine rings is 1. The number of carbonyl (C=O) groups excluding carboxylic acids is 1. The molecule has 2 heterocycles. The highest BCUT2D eigenvalue weighted by Gasteiger charge is 2.23. The van der Waals surface area contributed by atoms with Gasteiger partial charge in [-0.15, -0.1) is 10.2 Å². The zero-order valence-corrected chi connectivity index (χ0v) is 19.0. The predicted octanol–water partition coefficient (Wildman–Crippen LogP) is 2.52. The molecule has 0 unspecified atom stereocenters. The molecule has 178 valence electrons. The zero-order valence-electron chi connectivity index (χ0n) is 19.0. The summed E-state index contributed by atoms with van der Waals surface area (Å²) in [6, 6.07) is 13.6. The van der Waals surface area contributed by atoms with Crippen molar-refractivity contribution in [3.05, 3.63) is 59.9 Å². The van der Waals surface area contributed by atoms with Gasteiger partial charge in [0, 0.05) is 42.8 Å². The lowest BCUT2D eigenvalue weighted by molar-refractivity contribution is 0.0995. The highest BCUT2D eigenvalue weighted by Crippen LogP contribution is 2.20. The second kappa shape index (κ2) is 12.2. The van der Waals surface area contributed by atoms with Crippen molar-refractivity contribution in [2.75, 3.05) is 23.0 Å². The average Bonchev–Trinajstić information content (AvgIpc) is 2.86. The molecule has 2 atom stereocenters.